The van der Waals surface area contributed by atoms with E-state index in [-0.39, 0.29) is 23.4 Å². The van der Waals surface area contributed by atoms with E-state index in [1.54, 1.807) is 31.3 Å². The molecule has 1 unspecified atom stereocenters. The molecule has 3 aromatic rings. The SMILES string of the molecule is [B]c1cccc(Cl)c1NC(=O)c1cnc(Nc2cnn(C(C)CN(C)C)c2)nc1OCC. The van der Waals surface area contributed by atoms with Gasteiger partial charge < -0.3 is 20.3 Å². The highest BCUT2D eigenvalue weighted by atomic mass is 35.5. The van der Waals surface area contributed by atoms with Crippen LogP contribution in [0.1, 0.15) is 30.2 Å². The first-order valence-corrected chi connectivity index (χ1v) is 10.5. The molecule has 1 aromatic carbocycles. The third kappa shape index (κ3) is 5.77. The van der Waals surface area contributed by atoms with E-state index in [2.05, 4.69) is 37.5 Å². The molecule has 0 saturated carbocycles. The molecule has 0 fully saturated rings. The van der Waals surface area contributed by atoms with E-state index < -0.39 is 5.91 Å². The van der Waals surface area contributed by atoms with Crippen LogP contribution in [0.2, 0.25) is 5.02 Å². The number of carbonyl (C=O) groups is 1. The molecule has 0 aliphatic rings. The van der Waals surface area contributed by atoms with Crippen molar-refractivity contribution in [3.05, 3.63) is 47.4 Å². The topological polar surface area (TPSA) is 97.2 Å². The van der Waals surface area contributed by atoms with Gasteiger partial charge in [0.1, 0.15) is 13.4 Å². The Kier molecular flexibility index (Phi) is 7.71. The Bertz CT molecular complexity index is 1070. The molecule has 2 N–H and O–H groups in total. The van der Waals surface area contributed by atoms with E-state index in [9.17, 15) is 4.79 Å². The maximum absolute atomic E-state index is 12.8. The van der Waals surface area contributed by atoms with Gasteiger partial charge in [-0.3, -0.25) is 9.48 Å². The number of anilines is 3. The van der Waals surface area contributed by atoms with Crippen molar-refractivity contribution in [3.63, 3.8) is 0 Å². The minimum atomic E-state index is -0.481. The Balaban J connectivity index is 1.79. The summed E-state index contributed by atoms with van der Waals surface area (Å²) in [6.45, 7) is 5.07. The number of likely N-dealkylation sites (N-methyl/N-ethyl adjacent to an activating group) is 1. The summed E-state index contributed by atoms with van der Waals surface area (Å²) in [5.41, 5.74) is 1.55. The molecule has 1 atom stereocenters. The van der Waals surface area contributed by atoms with E-state index in [0.717, 1.165) is 12.2 Å². The number of nitrogens with one attached hydrogen (secondary N) is 2. The molecule has 9 nitrogen and oxygen atoms in total. The Labute approximate surface area is 193 Å². The van der Waals surface area contributed by atoms with Gasteiger partial charge in [0.05, 0.1) is 35.2 Å². The van der Waals surface area contributed by atoms with Crippen molar-refractivity contribution in [2.45, 2.75) is 19.9 Å². The molecule has 3 rings (SSSR count). The number of benzene rings is 1. The van der Waals surface area contributed by atoms with Gasteiger partial charge in [-0.25, -0.2) is 4.98 Å². The summed E-state index contributed by atoms with van der Waals surface area (Å²) in [4.78, 5) is 23.5. The van der Waals surface area contributed by atoms with Crippen LogP contribution in [0.3, 0.4) is 0 Å². The van der Waals surface area contributed by atoms with Crippen LogP contribution in [0.25, 0.3) is 0 Å². The van der Waals surface area contributed by atoms with Crippen LogP contribution in [0.15, 0.2) is 36.8 Å². The number of hydrogen-bond acceptors (Lipinski definition) is 7. The predicted molar refractivity (Wildman–Crippen MR) is 127 cm³/mol. The van der Waals surface area contributed by atoms with Crippen molar-refractivity contribution in [2.75, 3.05) is 37.9 Å². The van der Waals surface area contributed by atoms with Gasteiger partial charge in [-0.05, 0) is 34.0 Å². The van der Waals surface area contributed by atoms with Crippen molar-refractivity contribution in [1.82, 2.24) is 24.6 Å². The quantitative estimate of drug-likeness (QED) is 0.481. The zero-order valence-corrected chi connectivity index (χ0v) is 19.2. The van der Waals surface area contributed by atoms with Crippen LogP contribution in [-0.2, 0) is 0 Å². The Morgan fingerprint density at radius 3 is 2.81 bits per heavy atom. The average Bonchev–Trinajstić information content (AvgIpc) is 3.19. The number of nitrogens with zero attached hydrogens (tertiary/aromatic N) is 5. The number of rotatable bonds is 9. The van der Waals surface area contributed by atoms with Crippen molar-refractivity contribution in [1.29, 1.82) is 0 Å². The first kappa shape index (κ1) is 23.6. The average molecular weight is 454 g/mol. The lowest BCUT2D eigenvalue weighted by molar-refractivity contribution is 0.102. The van der Waals surface area contributed by atoms with E-state index in [1.807, 2.05) is 25.0 Å². The Morgan fingerprint density at radius 2 is 2.12 bits per heavy atom. The molecule has 0 aliphatic carbocycles. The van der Waals surface area contributed by atoms with Crippen molar-refractivity contribution >= 4 is 48.1 Å². The molecule has 0 bridgehead atoms. The maximum Gasteiger partial charge on any atom is 0.262 e. The Hall–Kier alpha value is -3.11. The molecule has 166 valence electrons. The van der Waals surface area contributed by atoms with Crippen molar-refractivity contribution in [3.8, 4) is 5.88 Å². The van der Waals surface area contributed by atoms with Crippen LogP contribution >= 0.6 is 11.6 Å². The molecule has 32 heavy (non-hydrogen) atoms. The monoisotopic (exact) mass is 453 g/mol. The summed E-state index contributed by atoms with van der Waals surface area (Å²) in [5.74, 6) is -0.0614. The number of ether oxygens (including phenoxy) is 1. The van der Waals surface area contributed by atoms with Crippen molar-refractivity contribution in [2.24, 2.45) is 0 Å². The number of para-hydroxylation sites is 1. The van der Waals surface area contributed by atoms with Gasteiger partial charge in [-0.15, -0.1) is 0 Å². The number of hydrogen-bond donors (Lipinski definition) is 2. The lowest BCUT2D eigenvalue weighted by Crippen LogP contribution is -2.22. The predicted octanol–water partition coefficient (Wildman–Crippen LogP) is 2.64. The number of amides is 1. The largest absolute Gasteiger partial charge is 0.477 e. The zero-order chi connectivity index (χ0) is 23.3. The molecule has 0 aliphatic heterocycles. The first-order chi connectivity index (χ1) is 15.3. The third-order valence-electron chi connectivity index (χ3n) is 4.50. The first-order valence-electron chi connectivity index (χ1n) is 10.1. The summed E-state index contributed by atoms with van der Waals surface area (Å²) in [7, 11) is 9.95. The lowest BCUT2D eigenvalue weighted by Gasteiger charge is -2.17. The molecule has 2 heterocycles. The molecule has 0 spiro atoms. The fourth-order valence-corrected chi connectivity index (χ4v) is 3.30. The summed E-state index contributed by atoms with van der Waals surface area (Å²) in [6, 6.07) is 5.18. The normalized spacial score (nSPS) is 11.9. The molecule has 0 saturated heterocycles. The second-order valence-corrected chi connectivity index (χ2v) is 7.86. The summed E-state index contributed by atoms with van der Waals surface area (Å²) >= 11 is 6.15. The van der Waals surface area contributed by atoms with Gasteiger partial charge in [0.15, 0.2) is 0 Å². The minimum Gasteiger partial charge on any atom is -0.477 e. The van der Waals surface area contributed by atoms with Gasteiger partial charge in [0.2, 0.25) is 11.8 Å². The van der Waals surface area contributed by atoms with Gasteiger partial charge in [0, 0.05) is 18.9 Å². The lowest BCUT2D eigenvalue weighted by atomic mass is 9.94. The highest BCUT2D eigenvalue weighted by Gasteiger charge is 2.18. The highest BCUT2D eigenvalue weighted by Crippen LogP contribution is 2.23. The van der Waals surface area contributed by atoms with E-state index >= 15 is 0 Å². The summed E-state index contributed by atoms with van der Waals surface area (Å²) < 4.78 is 7.44. The van der Waals surface area contributed by atoms with Crippen molar-refractivity contribution < 1.29 is 9.53 Å². The van der Waals surface area contributed by atoms with E-state index in [4.69, 9.17) is 24.2 Å². The smallest absolute Gasteiger partial charge is 0.262 e. The number of carbonyl (C=O) groups excluding carboxylic acids is 1. The summed E-state index contributed by atoms with van der Waals surface area (Å²) in [5, 5.41) is 10.5. The Morgan fingerprint density at radius 1 is 1.34 bits per heavy atom. The second kappa shape index (κ2) is 10.5. The van der Waals surface area contributed by atoms with E-state index in [0.29, 0.717) is 22.8 Å². The number of aromatic nitrogens is 4. The number of halogens is 1. The van der Waals surface area contributed by atoms with Gasteiger partial charge in [0.25, 0.3) is 5.91 Å². The second-order valence-electron chi connectivity index (χ2n) is 7.45. The minimum absolute atomic E-state index is 0.140. The van der Waals surface area contributed by atoms with Crippen LogP contribution in [0.5, 0.6) is 5.88 Å². The van der Waals surface area contributed by atoms with Gasteiger partial charge in [-0.1, -0.05) is 29.2 Å². The molecule has 2 aromatic heterocycles. The fraction of sp³-hybridized carbons (Fsp3) is 0.333. The van der Waals surface area contributed by atoms with Crippen LogP contribution < -0.4 is 20.8 Å². The highest BCUT2D eigenvalue weighted by molar-refractivity contribution is 6.42. The molecular formula is C21H25BClN7O2. The van der Waals surface area contributed by atoms with E-state index in [1.165, 1.54) is 6.20 Å². The zero-order valence-electron chi connectivity index (χ0n) is 18.5. The standard InChI is InChI=1S/C21H25BClN7O2/c1-5-32-20-15(19(31)27-18-16(22)7-6-8-17(18)23)10-24-21(28-20)26-14-9-25-30(12-14)13(2)11-29(3)4/h6-10,12-13H,5,11H2,1-4H3,(H,27,31)(H,24,26,28). The maximum atomic E-state index is 12.8. The molecule has 1 amide bonds. The fourth-order valence-electron chi connectivity index (χ4n) is 3.07. The van der Waals surface area contributed by atoms with Gasteiger partial charge in [-0.2, -0.15) is 10.1 Å². The van der Waals surface area contributed by atoms with Crippen LogP contribution in [0, 0.1) is 0 Å². The molecule has 11 heteroatoms. The molecular weight excluding hydrogens is 429 g/mol. The molecule has 2 radical (unpaired) electrons. The van der Waals surface area contributed by atoms with Crippen LogP contribution in [0.4, 0.5) is 17.3 Å². The summed E-state index contributed by atoms with van der Waals surface area (Å²) in [6.07, 6.45) is 4.96. The van der Waals surface area contributed by atoms with Crippen LogP contribution in [-0.4, -0.2) is 65.6 Å². The third-order valence-corrected chi connectivity index (χ3v) is 4.82. The van der Waals surface area contributed by atoms with Gasteiger partial charge >= 0.3 is 0 Å².